The standard InChI is InChI=1S/C11H11N3O2/c12-5-4-10-8-14(11(15)16-10)7-9-3-1-2-6-13-9/h1-3,6,10H,4,7-8H2. The number of ether oxygens (including phenoxy) is 1. The van der Waals surface area contributed by atoms with E-state index in [-0.39, 0.29) is 18.6 Å². The van der Waals surface area contributed by atoms with Crippen LogP contribution in [0.4, 0.5) is 4.79 Å². The van der Waals surface area contributed by atoms with Gasteiger partial charge in [-0.1, -0.05) is 6.07 Å². The molecule has 0 radical (unpaired) electrons. The van der Waals surface area contributed by atoms with Crippen molar-refractivity contribution in [3.63, 3.8) is 0 Å². The minimum Gasteiger partial charge on any atom is -0.443 e. The molecule has 1 atom stereocenters. The molecule has 1 aliphatic heterocycles. The van der Waals surface area contributed by atoms with Gasteiger partial charge in [0.1, 0.15) is 6.10 Å². The van der Waals surface area contributed by atoms with Gasteiger partial charge in [-0.05, 0) is 12.1 Å². The van der Waals surface area contributed by atoms with E-state index in [0.29, 0.717) is 13.1 Å². The van der Waals surface area contributed by atoms with Crippen LogP contribution >= 0.6 is 0 Å². The Morgan fingerprint density at radius 1 is 1.62 bits per heavy atom. The van der Waals surface area contributed by atoms with Crippen molar-refractivity contribution in [1.82, 2.24) is 9.88 Å². The number of aromatic nitrogens is 1. The quantitative estimate of drug-likeness (QED) is 0.765. The zero-order valence-electron chi connectivity index (χ0n) is 8.67. The second-order valence-corrected chi connectivity index (χ2v) is 3.57. The van der Waals surface area contributed by atoms with Crippen LogP contribution in [-0.2, 0) is 11.3 Å². The molecule has 0 N–H and O–H groups in total. The first kappa shape index (κ1) is 10.4. The third kappa shape index (κ3) is 2.28. The van der Waals surface area contributed by atoms with Gasteiger partial charge in [-0.2, -0.15) is 5.26 Å². The monoisotopic (exact) mass is 217 g/mol. The summed E-state index contributed by atoms with van der Waals surface area (Å²) in [6.07, 6.45) is 1.25. The summed E-state index contributed by atoms with van der Waals surface area (Å²) in [6.45, 7) is 0.893. The molecule has 0 aliphatic carbocycles. The molecule has 82 valence electrons. The van der Waals surface area contributed by atoms with E-state index in [4.69, 9.17) is 10.00 Å². The zero-order chi connectivity index (χ0) is 11.4. The molecule has 2 rings (SSSR count). The van der Waals surface area contributed by atoms with Gasteiger partial charge in [0.2, 0.25) is 0 Å². The highest BCUT2D eigenvalue weighted by Crippen LogP contribution is 2.15. The van der Waals surface area contributed by atoms with Crippen molar-refractivity contribution >= 4 is 6.09 Å². The fourth-order valence-electron chi connectivity index (χ4n) is 1.60. The summed E-state index contributed by atoms with van der Waals surface area (Å²) in [6, 6.07) is 7.54. The molecule has 1 aliphatic rings. The number of amides is 1. The third-order valence-electron chi connectivity index (χ3n) is 2.35. The van der Waals surface area contributed by atoms with E-state index in [1.165, 1.54) is 0 Å². The van der Waals surface area contributed by atoms with Gasteiger partial charge in [0.15, 0.2) is 0 Å². The van der Waals surface area contributed by atoms with Crippen LogP contribution in [0.5, 0.6) is 0 Å². The lowest BCUT2D eigenvalue weighted by Gasteiger charge is -2.11. The van der Waals surface area contributed by atoms with Crippen molar-refractivity contribution < 1.29 is 9.53 Å². The molecular formula is C11H11N3O2. The summed E-state index contributed by atoms with van der Waals surface area (Å²) >= 11 is 0. The molecule has 5 nitrogen and oxygen atoms in total. The number of nitriles is 1. The van der Waals surface area contributed by atoms with Gasteiger partial charge < -0.3 is 4.74 Å². The second-order valence-electron chi connectivity index (χ2n) is 3.57. The summed E-state index contributed by atoms with van der Waals surface area (Å²) < 4.78 is 5.02. The number of rotatable bonds is 3. The normalized spacial score (nSPS) is 19.3. The Balaban J connectivity index is 1.97. The lowest BCUT2D eigenvalue weighted by molar-refractivity contribution is 0.133. The lowest BCUT2D eigenvalue weighted by Crippen LogP contribution is -2.24. The van der Waals surface area contributed by atoms with Crippen LogP contribution in [0, 0.1) is 11.3 Å². The van der Waals surface area contributed by atoms with Crippen molar-refractivity contribution in [1.29, 1.82) is 5.26 Å². The van der Waals surface area contributed by atoms with Gasteiger partial charge in [-0.15, -0.1) is 0 Å². The molecule has 1 aromatic rings. The Kier molecular flexibility index (Phi) is 3.01. The summed E-state index contributed by atoms with van der Waals surface area (Å²) in [5.74, 6) is 0. The van der Waals surface area contributed by atoms with Crippen molar-refractivity contribution in [2.45, 2.75) is 19.1 Å². The maximum absolute atomic E-state index is 11.4. The van der Waals surface area contributed by atoms with E-state index < -0.39 is 0 Å². The molecule has 5 heteroatoms. The molecule has 1 saturated heterocycles. The van der Waals surface area contributed by atoms with Crippen molar-refractivity contribution in [2.75, 3.05) is 6.54 Å². The van der Waals surface area contributed by atoms with E-state index in [2.05, 4.69) is 4.98 Å². The molecule has 1 fully saturated rings. The number of hydrogen-bond acceptors (Lipinski definition) is 4. The Labute approximate surface area is 93.3 Å². The zero-order valence-corrected chi connectivity index (χ0v) is 8.67. The fourth-order valence-corrected chi connectivity index (χ4v) is 1.60. The van der Waals surface area contributed by atoms with Crippen LogP contribution in [0.25, 0.3) is 0 Å². The Hall–Kier alpha value is -2.09. The molecule has 1 aromatic heterocycles. The lowest BCUT2D eigenvalue weighted by atomic mass is 10.2. The minimum absolute atomic E-state index is 0.241. The molecule has 0 spiro atoms. The molecule has 0 bridgehead atoms. The highest BCUT2D eigenvalue weighted by atomic mass is 16.6. The Bertz CT molecular complexity index is 413. The highest BCUT2D eigenvalue weighted by Gasteiger charge is 2.30. The summed E-state index contributed by atoms with van der Waals surface area (Å²) in [5, 5.41) is 8.52. The Morgan fingerprint density at radius 3 is 3.19 bits per heavy atom. The largest absolute Gasteiger partial charge is 0.443 e. The first-order valence-corrected chi connectivity index (χ1v) is 5.02. The number of pyridine rings is 1. The van der Waals surface area contributed by atoms with E-state index in [1.807, 2.05) is 24.3 Å². The second kappa shape index (κ2) is 4.62. The third-order valence-corrected chi connectivity index (χ3v) is 2.35. The van der Waals surface area contributed by atoms with E-state index >= 15 is 0 Å². The predicted molar refractivity (Wildman–Crippen MR) is 55.1 cm³/mol. The maximum Gasteiger partial charge on any atom is 0.410 e. The molecule has 1 amide bonds. The van der Waals surface area contributed by atoms with Gasteiger partial charge in [0.05, 0.1) is 31.3 Å². The number of carbonyl (C=O) groups is 1. The van der Waals surface area contributed by atoms with Crippen molar-refractivity contribution in [3.8, 4) is 6.07 Å². The minimum atomic E-state index is -0.370. The SMILES string of the molecule is N#CCC1CN(Cc2ccccn2)C(=O)O1. The average molecular weight is 217 g/mol. The van der Waals surface area contributed by atoms with Gasteiger partial charge >= 0.3 is 6.09 Å². The van der Waals surface area contributed by atoms with Gasteiger partial charge in [-0.25, -0.2) is 4.79 Å². The maximum atomic E-state index is 11.4. The van der Waals surface area contributed by atoms with Crippen molar-refractivity contribution in [2.24, 2.45) is 0 Å². The van der Waals surface area contributed by atoms with Crippen LogP contribution in [0.2, 0.25) is 0 Å². The van der Waals surface area contributed by atoms with Crippen molar-refractivity contribution in [3.05, 3.63) is 30.1 Å². The van der Waals surface area contributed by atoms with E-state index in [0.717, 1.165) is 5.69 Å². The number of nitrogens with zero attached hydrogens (tertiary/aromatic N) is 3. The number of carbonyl (C=O) groups excluding carboxylic acids is 1. The van der Waals surface area contributed by atoms with Crippen LogP contribution < -0.4 is 0 Å². The van der Waals surface area contributed by atoms with E-state index in [9.17, 15) is 4.79 Å². The van der Waals surface area contributed by atoms with Crippen LogP contribution in [0.15, 0.2) is 24.4 Å². The fraction of sp³-hybridized carbons (Fsp3) is 0.364. The molecular weight excluding hydrogens is 206 g/mol. The highest BCUT2D eigenvalue weighted by molar-refractivity contribution is 5.69. The molecule has 1 unspecified atom stereocenters. The summed E-state index contributed by atoms with van der Waals surface area (Å²) in [7, 11) is 0. The summed E-state index contributed by atoms with van der Waals surface area (Å²) in [5.41, 5.74) is 0.817. The molecule has 2 heterocycles. The van der Waals surface area contributed by atoms with E-state index in [1.54, 1.807) is 11.1 Å². The topological polar surface area (TPSA) is 66.2 Å². The molecule has 0 aromatic carbocycles. The molecule has 16 heavy (non-hydrogen) atoms. The first-order valence-electron chi connectivity index (χ1n) is 5.02. The predicted octanol–water partition coefficient (Wildman–Crippen LogP) is 1.32. The number of hydrogen-bond donors (Lipinski definition) is 0. The van der Waals surface area contributed by atoms with Gasteiger partial charge in [0.25, 0.3) is 0 Å². The van der Waals surface area contributed by atoms with Crippen LogP contribution in [0.3, 0.4) is 0 Å². The smallest absolute Gasteiger partial charge is 0.410 e. The average Bonchev–Trinajstić information content (AvgIpc) is 2.61. The van der Waals surface area contributed by atoms with Crippen LogP contribution in [-0.4, -0.2) is 28.6 Å². The summed E-state index contributed by atoms with van der Waals surface area (Å²) in [4.78, 5) is 17.1. The molecule has 0 saturated carbocycles. The van der Waals surface area contributed by atoms with Gasteiger partial charge in [0, 0.05) is 6.20 Å². The number of cyclic esters (lactones) is 1. The van der Waals surface area contributed by atoms with Gasteiger partial charge in [-0.3, -0.25) is 9.88 Å². The van der Waals surface area contributed by atoms with Crippen LogP contribution in [0.1, 0.15) is 12.1 Å². The first-order chi connectivity index (χ1) is 7.79. The Morgan fingerprint density at radius 2 is 2.50 bits per heavy atom.